The van der Waals surface area contributed by atoms with Gasteiger partial charge in [0.05, 0.1) is 57.5 Å². The molecule has 10 nitrogen and oxygen atoms in total. The van der Waals surface area contributed by atoms with Crippen LogP contribution in [0.1, 0.15) is 11.1 Å². The minimum Gasteiger partial charge on any atom is -0.495 e. The van der Waals surface area contributed by atoms with Crippen molar-refractivity contribution in [2.24, 2.45) is 0 Å². The summed E-state index contributed by atoms with van der Waals surface area (Å²) < 4.78 is 6.21. The van der Waals surface area contributed by atoms with Crippen LogP contribution in [0.4, 0.5) is 11.4 Å². The molecule has 0 saturated carbocycles. The standard InChI is InChI=1S/C28H27Cl2N5O2S.C6H14N2O/c1-37-25-13-23(21(29)12-22(25)30)33-27-20(15-31)16-32-24-14-26(38-28(24)27)19-4-2-18(3-5-19)17-35-8-6-34(7-9-35)10-11-36;9-6-5-8-3-1-7-2-4-8/h2-5,12-14,16,36H,6-11,17H2,1H3,(H,32,33);7,9H,1-6H2. The summed E-state index contributed by atoms with van der Waals surface area (Å²) in [7, 11) is 1.54. The maximum Gasteiger partial charge on any atom is 0.139 e. The Labute approximate surface area is 290 Å². The number of benzene rings is 2. The molecule has 2 aliphatic rings. The number of aliphatic hydroxyl groups is 2. The number of anilines is 2. The normalized spacial score (nSPS) is 16.0. The Balaban J connectivity index is 0.000000417. The number of thiophene rings is 1. The van der Waals surface area contributed by atoms with E-state index in [1.54, 1.807) is 36.8 Å². The molecule has 2 aromatic carbocycles. The number of nitriles is 1. The fourth-order valence-corrected chi connectivity index (χ4v) is 7.30. The molecule has 0 atom stereocenters. The number of ether oxygens (including phenoxy) is 1. The van der Waals surface area contributed by atoms with Crippen LogP contribution in [0.15, 0.2) is 48.7 Å². The van der Waals surface area contributed by atoms with Gasteiger partial charge >= 0.3 is 0 Å². The number of hydrogen-bond acceptors (Lipinski definition) is 11. The Kier molecular flexibility index (Phi) is 13.1. The second kappa shape index (κ2) is 17.4. The van der Waals surface area contributed by atoms with Crippen molar-refractivity contribution in [3.63, 3.8) is 0 Å². The van der Waals surface area contributed by atoms with Crippen LogP contribution in [0.3, 0.4) is 0 Å². The van der Waals surface area contributed by atoms with Crippen LogP contribution in [0.2, 0.25) is 10.0 Å². The monoisotopic (exact) mass is 697 g/mol. The lowest BCUT2D eigenvalue weighted by Crippen LogP contribution is -2.46. The number of aromatic nitrogens is 1. The first-order chi connectivity index (χ1) is 22.9. The number of β-amino-alcohol motifs (C(OH)–C–C–N with tert-alkyl or cyclic N) is 2. The molecule has 2 aromatic heterocycles. The predicted octanol–water partition coefficient (Wildman–Crippen LogP) is 4.89. The molecule has 0 unspecified atom stereocenters. The summed E-state index contributed by atoms with van der Waals surface area (Å²) >= 11 is 14.2. The van der Waals surface area contributed by atoms with Crippen LogP contribution in [0.5, 0.6) is 5.75 Å². The van der Waals surface area contributed by atoms with E-state index in [4.69, 9.17) is 38.2 Å². The van der Waals surface area contributed by atoms with Crippen molar-refractivity contribution < 1.29 is 14.9 Å². The maximum absolute atomic E-state index is 9.78. The van der Waals surface area contributed by atoms with Crippen molar-refractivity contribution >= 4 is 56.1 Å². The van der Waals surface area contributed by atoms with E-state index < -0.39 is 0 Å². The van der Waals surface area contributed by atoms with Gasteiger partial charge in [0, 0.05) is 89.1 Å². The van der Waals surface area contributed by atoms with Crippen LogP contribution >= 0.6 is 34.5 Å². The molecule has 0 radical (unpaired) electrons. The Bertz CT molecular complexity index is 1650. The van der Waals surface area contributed by atoms with Gasteiger partial charge in [0.15, 0.2) is 0 Å². The first-order valence-electron chi connectivity index (χ1n) is 15.7. The second-order valence-electron chi connectivity index (χ2n) is 11.4. The van der Waals surface area contributed by atoms with E-state index in [1.807, 2.05) is 6.07 Å². The molecule has 2 fully saturated rings. The van der Waals surface area contributed by atoms with Crippen molar-refractivity contribution in [2.45, 2.75) is 6.54 Å². The van der Waals surface area contributed by atoms with Crippen molar-refractivity contribution in [3.05, 3.63) is 69.8 Å². The average molecular weight is 699 g/mol. The summed E-state index contributed by atoms with van der Waals surface area (Å²) in [6.45, 7) is 11.3. The third-order valence-corrected chi connectivity index (χ3v) is 10.1. The lowest BCUT2D eigenvalue weighted by Gasteiger charge is -2.34. The van der Waals surface area contributed by atoms with Gasteiger partial charge in [-0.2, -0.15) is 5.26 Å². The molecular weight excluding hydrogens is 657 g/mol. The number of fused-ring (bicyclic) bond motifs is 1. The molecular formula is C34H41Cl2N7O3S. The van der Waals surface area contributed by atoms with Gasteiger partial charge in [-0.15, -0.1) is 11.3 Å². The lowest BCUT2D eigenvalue weighted by atomic mass is 10.1. The highest BCUT2D eigenvalue weighted by Crippen LogP contribution is 2.42. The highest BCUT2D eigenvalue weighted by Gasteiger charge is 2.18. The summed E-state index contributed by atoms with van der Waals surface area (Å²) in [4.78, 5) is 12.6. The fourth-order valence-electron chi connectivity index (χ4n) is 5.67. The topological polar surface area (TPSA) is 120 Å². The van der Waals surface area contributed by atoms with E-state index in [2.05, 4.69) is 60.7 Å². The molecule has 250 valence electrons. The Morgan fingerprint density at radius 3 is 2.23 bits per heavy atom. The van der Waals surface area contributed by atoms with Gasteiger partial charge in [0.1, 0.15) is 11.8 Å². The van der Waals surface area contributed by atoms with Gasteiger partial charge in [-0.05, 0) is 23.3 Å². The third kappa shape index (κ3) is 9.32. The Morgan fingerprint density at radius 1 is 0.936 bits per heavy atom. The summed E-state index contributed by atoms with van der Waals surface area (Å²) in [6.07, 6.45) is 1.58. The van der Waals surface area contributed by atoms with Gasteiger partial charge in [-0.1, -0.05) is 47.5 Å². The van der Waals surface area contributed by atoms with E-state index in [1.165, 1.54) is 5.56 Å². The highest BCUT2D eigenvalue weighted by atomic mass is 35.5. The van der Waals surface area contributed by atoms with E-state index >= 15 is 0 Å². The van der Waals surface area contributed by atoms with E-state index in [-0.39, 0.29) is 6.61 Å². The van der Waals surface area contributed by atoms with E-state index in [0.717, 1.165) is 92.6 Å². The Morgan fingerprint density at radius 2 is 1.60 bits per heavy atom. The van der Waals surface area contributed by atoms with Gasteiger partial charge in [0.25, 0.3) is 0 Å². The number of nitrogens with one attached hydrogen (secondary N) is 2. The summed E-state index contributed by atoms with van der Waals surface area (Å²) in [6, 6.07) is 16.2. The van der Waals surface area contributed by atoms with E-state index in [9.17, 15) is 5.26 Å². The van der Waals surface area contributed by atoms with Crippen LogP contribution < -0.4 is 15.4 Å². The summed E-state index contributed by atoms with van der Waals surface area (Å²) in [5.74, 6) is 0.487. The Hall–Kier alpha value is -3.02. The fraction of sp³-hybridized carbons (Fsp3) is 0.412. The predicted molar refractivity (Wildman–Crippen MR) is 191 cm³/mol. The highest BCUT2D eigenvalue weighted by molar-refractivity contribution is 7.22. The number of hydrogen-bond donors (Lipinski definition) is 4. The minimum absolute atomic E-state index is 0.216. The number of pyridine rings is 1. The zero-order valence-corrected chi connectivity index (χ0v) is 28.8. The van der Waals surface area contributed by atoms with E-state index in [0.29, 0.717) is 39.3 Å². The van der Waals surface area contributed by atoms with Gasteiger partial charge in [-0.25, -0.2) is 0 Å². The van der Waals surface area contributed by atoms with Crippen LogP contribution in [0.25, 0.3) is 20.7 Å². The smallest absolute Gasteiger partial charge is 0.139 e. The molecule has 4 heterocycles. The van der Waals surface area contributed by atoms with Crippen molar-refractivity contribution in [2.75, 3.05) is 91.1 Å². The molecule has 2 saturated heterocycles. The second-order valence-corrected chi connectivity index (χ2v) is 13.3. The first-order valence-corrected chi connectivity index (χ1v) is 17.3. The third-order valence-electron chi connectivity index (χ3n) is 8.31. The molecule has 0 spiro atoms. The minimum atomic E-state index is 0.216. The number of nitrogens with zero attached hydrogens (tertiary/aromatic N) is 5. The number of halogens is 2. The number of piperazine rings is 2. The average Bonchev–Trinajstić information content (AvgIpc) is 3.53. The lowest BCUT2D eigenvalue weighted by molar-refractivity contribution is 0.108. The maximum atomic E-state index is 9.78. The van der Waals surface area contributed by atoms with Crippen LogP contribution in [-0.4, -0.2) is 116 Å². The molecule has 2 aliphatic heterocycles. The molecule has 6 rings (SSSR count). The number of methoxy groups -OCH3 is 1. The van der Waals surface area contributed by atoms with Crippen molar-refractivity contribution in [1.29, 1.82) is 5.26 Å². The number of aliphatic hydroxyl groups excluding tert-OH is 2. The largest absolute Gasteiger partial charge is 0.495 e. The number of rotatable bonds is 10. The van der Waals surface area contributed by atoms with Crippen molar-refractivity contribution in [1.82, 2.24) is 25.0 Å². The molecule has 47 heavy (non-hydrogen) atoms. The molecule has 0 aliphatic carbocycles. The molecule has 13 heteroatoms. The molecule has 0 amide bonds. The zero-order chi connectivity index (χ0) is 33.2. The molecule has 4 aromatic rings. The first kappa shape index (κ1) is 35.3. The van der Waals surface area contributed by atoms with Crippen molar-refractivity contribution in [3.8, 4) is 22.3 Å². The molecule has 4 N–H and O–H groups in total. The van der Waals surface area contributed by atoms with Gasteiger partial charge in [0.2, 0.25) is 0 Å². The van der Waals surface area contributed by atoms with Gasteiger partial charge < -0.3 is 25.6 Å². The SMILES string of the molecule is COc1cc(Nc2c(C#N)cnc3cc(-c4ccc(CN5CCN(CCO)CC5)cc4)sc23)c(Cl)cc1Cl.OCCN1CCNCC1. The zero-order valence-electron chi connectivity index (χ0n) is 26.5. The molecule has 0 bridgehead atoms. The van der Waals surface area contributed by atoms with Gasteiger partial charge in [-0.3, -0.25) is 19.7 Å². The quantitative estimate of drug-likeness (QED) is 0.182. The summed E-state index contributed by atoms with van der Waals surface area (Å²) in [5.41, 5.74) is 4.83. The van der Waals surface area contributed by atoms with Crippen LogP contribution in [0, 0.1) is 11.3 Å². The summed E-state index contributed by atoms with van der Waals surface area (Å²) in [5, 5.41) is 34.9. The van der Waals surface area contributed by atoms with Crippen LogP contribution in [-0.2, 0) is 6.54 Å².